The van der Waals surface area contributed by atoms with Crippen LogP contribution in [0.1, 0.15) is 19.3 Å². The number of hydrogen-bond donors (Lipinski definition) is 1. The number of amides is 2. The van der Waals surface area contributed by atoms with E-state index in [-0.39, 0.29) is 30.5 Å². The molecule has 1 N–H and O–H groups in total. The molecule has 5 rings (SSSR count). The highest BCUT2D eigenvalue weighted by molar-refractivity contribution is 6.06. The summed E-state index contributed by atoms with van der Waals surface area (Å²) in [6.45, 7) is 1.92. The number of hydrogen-bond acceptors (Lipinski definition) is 5. The van der Waals surface area contributed by atoms with Crippen molar-refractivity contribution in [3.8, 4) is 0 Å². The van der Waals surface area contributed by atoms with Gasteiger partial charge in [-0.1, -0.05) is 30.3 Å². The van der Waals surface area contributed by atoms with Crippen LogP contribution in [0.4, 0.5) is 17.1 Å². The van der Waals surface area contributed by atoms with Crippen LogP contribution in [0.3, 0.4) is 0 Å². The molecule has 2 fully saturated rings. The second-order valence-electron chi connectivity index (χ2n) is 8.03. The molecule has 7 nitrogen and oxygen atoms in total. The Morgan fingerprint density at radius 1 is 0.968 bits per heavy atom. The molecule has 2 amide bonds. The van der Waals surface area contributed by atoms with E-state index in [2.05, 4.69) is 10.2 Å². The van der Waals surface area contributed by atoms with Crippen LogP contribution in [0.5, 0.6) is 0 Å². The van der Waals surface area contributed by atoms with Crippen LogP contribution in [0.2, 0.25) is 0 Å². The largest absolute Gasteiger partial charge is 0.421 e. The minimum absolute atomic E-state index is 0.100. The van der Waals surface area contributed by atoms with Gasteiger partial charge < -0.3 is 19.5 Å². The van der Waals surface area contributed by atoms with Gasteiger partial charge in [-0.25, -0.2) is 4.79 Å². The summed E-state index contributed by atoms with van der Waals surface area (Å²) >= 11 is 0. The third kappa shape index (κ3) is 3.56. The summed E-state index contributed by atoms with van der Waals surface area (Å²) in [6.07, 6.45) is 2.18. The Balaban J connectivity index is 1.46. The first-order chi connectivity index (χ1) is 15.1. The number of nitrogens with one attached hydrogen (secondary N) is 1. The molecule has 31 heavy (non-hydrogen) atoms. The normalized spacial score (nSPS) is 18.7. The van der Waals surface area contributed by atoms with Crippen molar-refractivity contribution in [2.24, 2.45) is 5.92 Å². The molecular formula is C24H23N3O4. The van der Waals surface area contributed by atoms with Crippen LogP contribution >= 0.6 is 0 Å². The third-order valence-electron chi connectivity index (χ3n) is 6.02. The van der Waals surface area contributed by atoms with Gasteiger partial charge in [0.1, 0.15) is 5.58 Å². The number of anilines is 3. The molecule has 2 aliphatic rings. The molecule has 0 aliphatic carbocycles. The Bertz CT molecular complexity index is 1200. The van der Waals surface area contributed by atoms with Crippen LogP contribution in [-0.4, -0.2) is 31.4 Å². The Labute approximate surface area is 179 Å². The Kier molecular flexibility index (Phi) is 4.94. The highest BCUT2D eigenvalue weighted by atomic mass is 16.4. The summed E-state index contributed by atoms with van der Waals surface area (Å²) in [5.74, 6) is -0.975. The SMILES string of the molecule is O=C(Nc1c(N2CCCC2)c2ccccc2oc1=O)[C@@H]1CC(=O)N(c2ccccc2)C1. The molecule has 2 aromatic carbocycles. The average molecular weight is 417 g/mol. The van der Waals surface area contributed by atoms with Gasteiger partial charge >= 0.3 is 5.63 Å². The van der Waals surface area contributed by atoms with E-state index in [1.807, 2.05) is 48.5 Å². The van der Waals surface area contributed by atoms with E-state index in [0.29, 0.717) is 11.3 Å². The molecule has 0 unspecified atom stereocenters. The maximum absolute atomic E-state index is 13.1. The molecule has 1 atom stereocenters. The summed E-state index contributed by atoms with van der Waals surface area (Å²) in [7, 11) is 0. The highest BCUT2D eigenvalue weighted by Crippen LogP contribution is 2.35. The van der Waals surface area contributed by atoms with Gasteiger partial charge in [-0.05, 0) is 37.1 Å². The van der Waals surface area contributed by atoms with Crippen molar-refractivity contribution in [1.29, 1.82) is 0 Å². The van der Waals surface area contributed by atoms with E-state index >= 15 is 0 Å². The first-order valence-corrected chi connectivity index (χ1v) is 10.6. The number of carbonyl (C=O) groups excluding carboxylic acids is 2. The van der Waals surface area contributed by atoms with Gasteiger partial charge in [0.25, 0.3) is 0 Å². The van der Waals surface area contributed by atoms with E-state index in [1.54, 1.807) is 11.0 Å². The minimum Gasteiger partial charge on any atom is -0.421 e. The summed E-state index contributed by atoms with van der Waals surface area (Å²) in [4.78, 5) is 42.2. The Morgan fingerprint density at radius 3 is 2.45 bits per heavy atom. The zero-order chi connectivity index (χ0) is 21.4. The molecule has 1 aromatic heterocycles. The molecule has 7 heteroatoms. The van der Waals surface area contributed by atoms with Gasteiger partial charge in [-0.3, -0.25) is 9.59 Å². The van der Waals surface area contributed by atoms with Gasteiger partial charge in [-0.2, -0.15) is 0 Å². The molecule has 2 aliphatic heterocycles. The zero-order valence-electron chi connectivity index (χ0n) is 17.0. The van der Waals surface area contributed by atoms with E-state index in [4.69, 9.17) is 4.42 Å². The van der Waals surface area contributed by atoms with E-state index in [1.165, 1.54) is 0 Å². The molecular weight excluding hydrogens is 394 g/mol. The summed E-state index contributed by atoms with van der Waals surface area (Å²) in [5, 5.41) is 3.62. The second kappa shape index (κ2) is 7.91. The number of nitrogens with zero attached hydrogens (tertiary/aromatic N) is 2. The molecule has 0 bridgehead atoms. The molecule has 0 spiro atoms. The van der Waals surface area contributed by atoms with Crippen LogP contribution < -0.4 is 20.7 Å². The van der Waals surface area contributed by atoms with Crippen LogP contribution in [-0.2, 0) is 9.59 Å². The zero-order valence-corrected chi connectivity index (χ0v) is 17.0. The van der Waals surface area contributed by atoms with Crippen molar-refractivity contribution in [2.75, 3.05) is 34.8 Å². The quantitative estimate of drug-likeness (QED) is 0.658. The van der Waals surface area contributed by atoms with Crippen LogP contribution in [0, 0.1) is 5.92 Å². The van der Waals surface area contributed by atoms with E-state index < -0.39 is 11.5 Å². The summed E-state index contributed by atoms with van der Waals surface area (Å²) < 4.78 is 5.49. The lowest BCUT2D eigenvalue weighted by Crippen LogP contribution is -2.31. The monoisotopic (exact) mass is 417 g/mol. The smallest absolute Gasteiger partial charge is 0.362 e. The maximum Gasteiger partial charge on any atom is 0.362 e. The van der Waals surface area contributed by atoms with Gasteiger partial charge in [0.05, 0.1) is 11.6 Å². The van der Waals surface area contributed by atoms with Gasteiger partial charge in [-0.15, -0.1) is 0 Å². The maximum atomic E-state index is 13.1. The third-order valence-corrected chi connectivity index (χ3v) is 6.02. The molecule has 3 aromatic rings. The lowest BCUT2D eigenvalue weighted by Gasteiger charge is -2.23. The van der Waals surface area contributed by atoms with Crippen molar-refractivity contribution in [1.82, 2.24) is 0 Å². The predicted molar refractivity (Wildman–Crippen MR) is 119 cm³/mol. The summed E-state index contributed by atoms with van der Waals surface area (Å²) in [5.41, 5.74) is 1.57. The lowest BCUT2D eigenvalue weighted by atomic mass is 10.1. The van der Waals surface area contributed by atoms with E-state index in [9.17, 15) is 14.4 Å². The van der Waals surface area contributed by atoms with Crippen molar-refractivity contribution in [3.05, 3.63) is 65.0 Å². The molecule has 0 saturated carbocycles. The molecule has 3 heterocycles. The van der Waals surface area contributed by atoms with Gasteiger partial charge in [0.15, 0.2) is 5.69 Å². The van der Waals surface area contributed by atoms with E-state index in [0.717, 1.165) is 37.0 Å². The minimum atomic E-state index is -0.571. The molecule has 158 valence electrons. The number of rotatable bonds is 4. The number of para-hydroxylation sites is 2. The van der Waals surface area contributed by atoms with Gasteiger partial charge in [0, 0.05) is 37.1 Å². The number of benzene rings is 2. The Morgan fingerprint density at radius 2 is 1.68 bits per heavy atom. The first-order valence-electron chi connectivity index (χ1n) is 10.6. The van der Waals surface area contributed by atoms with Crippen molar-refractivity contribution in [3.63, 3.8) is 0 Å². The fraction of sp³-hybridized carbons (Fsp3) is 0.292. The molecule has 0 radical (unpaired) electrons. The average Bonchev–Trinajstić information content (AvgIpc) is 3.45. The second-order valence-corrected chi connectivity index (χ2v) is 8.03. The van der Waals surface area contributed by atoms with Crippen LogP contribution in [0.15, 0.2) is 63.8 Å². The van der Waals surface area contributed by atoms with Crippen LogP contribution in [0.25, 0.3) is 11.0 Å². The fourth-order valence-corrected chi connectivity index (χ4v) is 4.48. The van der Waals surface area contributed by atoms with Crippen molar-refractivity contribution < 1.29 is 14.0 Å². The van der Waals surface area contributed by atoms with Crippen molar-refractivity contribution in [2.45, 2.75) is 19.3 Å². The molecule has 2 saturated heterocycles. The predicted octanol–water partition coefficient (Wildman–Crippen LogP) is 3.38. The van der Waals surface area contributed by atoms with Crippen molar-refractivity contribution >= 4 is 39.8 Å². The topological polar surface area (TPSA) is 82.9 Å². The summed E-state index contributed by atoms with van der Waals surface area (Å²) in [6, 6.07) is 16.7. The first kappa shape index (κ1) is 19.4. The number of fused-ring (bicyclic) bond motifs is 1. The standard InChI is InChI=1S/C24H23N3O4/c28-20-14-16(15-27(20)17-8-2-1-3-9-17)23(29)25-21-22(26-12-6-7-13-26)18-10-4-5-11-19(18)31-24(21)30/h1-5,8-11,16H,6-7,12-15H2,(H,25,29)/t16-/m1/s1. The Hall–Kier alpha value is -3.61. The highest BCUT2D eigenvalue weighted by Gasteiger charge is 2.36. The van der Waals surface area contributed by atoms with Gasteiger partial charge in [0.2, 0.25) is 11.8 Å². The lowest BCUT2D eigenvalue weighted by molar-refractivity contribution is -0.122. The fourth-order valence-electron chi connectivity index (χ4n) is 4.48. The number of carbonyl (C=O) groups is 2.